The van der Waals surface area contributed by atoms with Crippen LogP contribution in [0, 0.1) is 23.7 Å². The molecular weight excluding hydrogens is 569 g/mol. The molecule has 5 rings (SSSR count). The van der Waals surface area contributed by atoms with Crippen molar-refractivity contribution in [3.63, 3.8) is 0 Å². The average Bonchev–Trinajstić information content (AvgIpc) is 3.41. The van der Waals surface area contributed by atoms with Gasteiger partial charge < -0.3 is 15.8 Å². The maximum atomic E-state index is 13.7. The van der Waals surface area contributed by atoms with Crippen LogP contribution in [0.3, 0.4) is 0 Å². The normalized spacial score (nSPS) is 18.0. The summed E-state index contributed by atoms with van der Waals surface area (Å²) in [6.07, 6.45) is 0.931. The first-order valence-corrected chi connectivity index (χ1v) is 15.4. The minimum absolute atomic E-state index is 0.0163. The molecule has 11 heteroatoms. The molecule has 2 aromatic carbocycles. The lowest BCUT2D eigenvalue weighted by Gasteiger charge is -2.42. The van der Waals surface area contributed by atoms with Crippen molar-refractivity contribution in [2.45, 2.75) is 50.8 Å². The summed E-state index contributed by atoms with van der Waals surface area (Å²) in [7, 11) is 0. The fourth-order valence-corrected chi connectivity index (χ4v) is 7.04. The molecule has 216 valence electrons. The summed E-state index contributed by atoms with van der Waals surface area (Å²) in [6, 6.07) is 17.3. The van der Waals surface area contributed by atoms with Crippen molar-refractivity contribution < 1.29 is 14.3 Å². The van der Waals surface area contributed by atoms with Gasteiger partial charge in [0, 0.05) is 23.4 Å². The maximum absolute atomic E-state index is 13.7. The Bertz CT molecular complexity index is 1630. The molecule has 1 aliphatic heterocycles. The lowest BCUT2D eigenvalue weighted by atomic mass is 9.68. The number of ether oxygens (including phenoxy) is 1. The summed E-state index contributed by atoms with van der Waals surface area (Å²) in [6.45, 7) is 8.49. The Balaban J connectivity index is 1.46. The van der Waals surface area contributed by atoms with Crippen LogP contribution in [0.25, 0.3) is 0 Å². The van der Waals surface area contributed by atoms with Gasteiger partial charge in [-0.25, -0.2) is 0 Å². The molecule has 0 fully saturated rings. The Labute approximate surface area is 253 Å². The van der Waals surface area contributed by atoms with Gasteiger partial charge in [-0.15, -0.1) is 10.2 Å². The Morgan fingerprint density at radius 2 is 1.95 bits per heavy atom. The first-order chi connectivity index (χ1) is 20.1. The van der Waals surface area contributed by atoms with Gasteiger partial charge in [-0.1, -0.05) is 67.3 Å². The van der Waals surface area contributed by atoms with Crippen LogP contribution < -0.4 is 20.7 Å². The number of thioether (sulfide) groups is 1. The number of nitrogens with one attached hydrogen (secondary N) is 1. The predicted molar refractivity (Wildman–Crippen MR) is 165 cm³/mol. The number of allylic oxidation sites excluding steroid dienone is 3. The molecule has 3 N–H and O–H groups in total. The van der Waals surface area contributed by atoms with E-state index in [0.717, 1.165) is 22.5 Å². The van der Waals surface area contributed by atoms with E-state index in [9.17, 15) is 14.9 Å². The number of amides is 1. The number of anilines is 2. The van der Waals surface area contributed by atoms with Crippen molar-refractivity contribution in [1.29, 1.82) is 5.26 Å². The molecular formula is C31H32N6O3S2. The van der Waals surface area contributed by atoms with E-state index in [4.69, 9.17) is 10.5 Å². The molecule has 3 aromatic rings. The van der Waals surface area contributed by atoms with Crippen molar-refractivity contribution in [2.24, 2.45) is 11.1 Å². The van der Waals surface area contributed by atoms with Gasteiger partial charge in [-0.3, -0.25) is 14.5 Å². The summed E-state index contributed by atoms with van der Waals surface area (Å²) in [5.74, 6) is 0.330. The molecule has 1 aromatic heterocycles. The van der Waals surface area contributed by atoms with Crippen LogP contribution in [-0.2, 0) is 9.59 Å². The molecule has 0 saturated heterocycles. The van der Waals surface area contributed by atoms with Gasteiger partial charge in [-0.05, 0) is 55.0 Å². The quantitative estimate of drug-likeness (QED) is 0.302. The van der Waals surface area contributed by atoms with E-state index in [0.29, 0.717) is 40.2 Å². The van der Waals surface area contributed by atoms with Crippen molar-refractivity contribution in [1.82, 2.24) is 10.2 Å². The number of ketones is 1. The molecule has 42 heavy (non-hydrogen) atoms. The first kappa shape index (κ1) is 29.4. The number of nitrogens with two attached hydrogens (primary N) is 1. The molecule has 0 radical (unpaired) electrons. The van der Waals surface area contributed by atoms with E-state index in [2.05, 4.69) is 21.6 Å². The number of hydrogen-bond donors (Lipinski definition) is 2. The van der Waals surface area contributed by atoms with Crippen LogP contribution in [0.2, 0.25) is 0 Å². The van der Waals surface area contributed by atoms with Crippen molar-refractivity contribution in [2.75, 3.05) is 22.6 Å². The Morgan fingerprint density at radius 1 is 1.21 bits per heavy atom. The van der Waals surface area contributed by atoms with E-state index in [1.165, 1.54) is 23.1 Å². The molecule has 1 unspecified atom stereocenters. The van der Waals surface area contributed by atoms with E-state index in [1.54, 1.807) is 4.90 Å². The predicted octanol–water partition coefficient (Wildman–Crippen LogP) is 5.92. The van der Waals surface area contributed by atoms with Crippen LogP contribution in [-0.4, -0.2) is 34.2 Å². The lowest BCUT2D eigenvalue weighted by molar-refractivity contribution is -0.118. The first-order valence-electron chi connectivity index (χ1n) is 13.6. The zero-order valence-electron chi connectivity index (χ0n) is 23.9. The molecule has 2 heterocycles. The molecule has 0 bridgehead atoms. The number of carbonyl (C=O) groups is 2. The van der Waals surface area contributed by atoms with Gasteiger partial charge in [0.1, 0.15) is 11.6 Å². The van der Waals surface area contributed by atoms with Gasteiger partial charge in [-0.2, -0.15) is 5.26 Å². The number of hydrogen-bond acceptors (Lipinski definition) is 10. The van der Waals surface area contributed by atoms with Crippen LogP contribution in [0.4, 0.5) is 10.8 Å². The van der Waals surface area contributed by atoms with Crippen LogP contribution in [0.15, 0.2) is 75.5 Å². The third kappa shape index (κ3) is 5.91. The molecule has 1 amide bonds. The summed E-state index contributed by atoms with van der Waals surface area (Å²) < 4.78 is 6.17. The molecule has 9 nitrogen and oxygen atoms in total. The second-order valence-corrected chi connectivity index (χ2v) is 13.2. The average molecular weight is 601 g/mol. The largest absolute Gasteiger partial charge is 0.494 e. The number of rotatable bonds is 8. The number of benzene rings is 2. The summed E-state index contributed by atoms with van der Waals surface area (Å²) in [5.41, 5.74) is 10.5. The number of carbonyl (C=O) groups excluding carboxylic acids is 2. The topological polar surface area (TPSA) is 134 Å². The number of aryl methyl sites for hydroxylation is 1. The van der Waals surface area contributed by atoms with Gasteiger partial charge >= 0.3 is 0 Å². The second-order valence-electron chi connectivity index (χ2n) is 11.0. The SMILES string of the molecule is CCOc1ccc(C2C(C#N)=C(N)N(c3nnc(SCC(=O)Nc4ccccc4C)s3)C3=C2C(=O)CC(C)(C)C3)cc1. The lowest BCUT2D eigenvalue weighted by Crippen LogP contribution is -2.42. The molecule has 0 saturated carbocycles. The van der Waals surface area contributed by atoms with Crippen molar-refractivity contribution in [3.05, 3.63) is 82.3 Å². The van der Waals surface area contributed by atoms with Crippen LogP contribution in [0.1, 0.15) is 50.7 Å². The highest BCUT2D eigenvalue weighted by Crippen LogP contribution is 2.50. The second kappa shape index (κ2) is 12.0. The highest BCUT2D eigenvalue weighted by Gasteiger charge is 2.45. The summed E-state index contributed by atoms with van der Waals surface area (Å²) in [5, 5.41) is 22.4. The van der Waals surface area contributed by atoms with E-state index >= 15 is 0 Å². The smallest absolute Gasteiger partial charge is 0.234 e. The number of nitrogens with zero attached hydrogens (tertiary/aromatic N) is 4. The van der Waals surface area contributed by atoms with E-state index in [-0.39, 0.29) is 34.3 Å². The zero-order chi connectivity index (χ0) is 30.0. The van der Waals surface area contributed by atoms with Crippen molar-refractivity contribution in [3.8, 4) is 11.8 Å². The molecule has 2 aliphatic rings. The number of aromatic nitrogens is 2. The monoisotopic (exact) mass is 600 g/mol. The third-order valence-electron chi connectivity index (χ3n) is 7.24. The summed E-state index contributed by atoms with van der Waals surface area (Å²) >= 11 is 2.54. The minimum Gasteiger partial charge on any atom is -0.494 e. The van der Waals surface area contributed by atoms with Crippen LogP contribution in [0.5, 0.6) is 5.75 Å². The van der Waals surface area contributed by atoms with Gasteiger partial charge in [0.05, 0.1) is 29.9 Å². The number of nitriles is 1. The fourth-order valence-electron chi connectivity index (χ4n) is 5.36. The fraction of sp³-hybridized carbons (Fsp3) is 0.323. The molecule has 1 atom stereocenters. The van der Waals surface area contributed by atoms with Gasteiger partial charge in [0.2, 0.25) is 11.0 Å². The number of Topliss-reactive ketones (excluding diaryl/α,β-unsaturated/α-hetero) is 1. The maximum Gasteiger partial charge on any atom is 0.234 e. The van der Waals surface area contributed by atoms with Crippen LogP contribution >= 0.6 is 23.1 Å². The van der Waals surface area contributed by atoms with Crippen molar-refractivity contribution >= 4 is 45.6 Å². The minimum atomic E-state index is -0.590. The molecule has 1 aliphatic carbocycles. The third-order valence-corrected chi connectivity index (χ3v) is 9.28. The Morgan fingerprint density at radius 3 is 2.64 bits per heavy atom. The van der Waals surface area contributed by atoms with Gasteiger partial charge in [0.25, 0.3) is 0 Å². The van der Waals surface area contributed by atoms with Gasteiger partial charge in [0.15, 0.2) is 10.1 Å². The zero-order valence-corrected chi connectivity index (χ0v) is 25.6. The standard InChI is InChI=1S/C31H32N6O3S2/c1-5-40-20-12-10-19(11-13-20)26-21(16-32)28(33)37(23-14-31(3,4)15-24(38)27(23)26)29-35-36-30(42-29)41-17-25(39)34-22-9-7-6-8-18(22)2/h6-13,26H,5,14-15,17,33H2,1-4H3,(H,34,39). The highest BCUT2D eigenvalue weighted by molar-refractivity contribution is 8.01. The Hall–Kier alpha value is -4.14. The van der Waals surface area contributed by atoms with E-state index in [1.807, 2.05) is 76.2 Å². The van der Waals surface area contributed by atoms with E-state index < -0.39 is 5.92 Å². The highest BCUT2D eigenvalue weighted by atomic mass is 32.2. The number of para-hydroxylation sites is 1. The molecule has 0 spiro atoms. The Kier molecular flexibility index (Phi) is 8.38. The summed E-state index contributed by atoms with van der Waals surface area (Å²) in [4.78, 5) is 28.1.